The summed E-state index contributed by atoms with van der Waals surface area (Å²) in [6.07, 6.45) is 2.48. The number of methoxy groups -OCH3 is 1. The molecule has 0 radical (unpaired) electrons. The average Bonchev–Trinajstić information content (AvgIpc) is 3.31. The zero-order valence-corrected chi connectivity index (χ0v) is 18.8. The van der Waals surface area contributed by atoms with Crippen LogP contribution >= 0.6 is 0 Å². The SMILES string of the molecule is COc1ccc(S(=O)(=O)N2CC(N[C@@H]3CC[C@@H]4CN(Cc5ccccc5)C[C@H]43)C2)cc1. The minimum Gasteiger partial charge on any atom is -0.497 e. The monoisotopic (exact) mass is 441 g/mol. The van der Waals surface area contributed by atoms with Crippen LogP contribution in [0.2, 0.25) is 0 Å². The molecule has 0 amide bonds. The van der Waals surface area contributed by atoms with Gasteiger partial charge in [-0.25, -0.2) is 8.42 Å². The van der Waals surface area contributed by atoms with Crippen molar-refractivity contribution < 1.29 is 13.2 Å². The van der Waals surface area contributed by atoms with Crippen molar-refractivity contribution in [3.05, 3.63) is 60.2 Å². The second-order valence-corrected chi connectivity index (χ2v) is 11.1. The fourth-order valence-corrected chi connectivity index (χ4v) is 7.01. The Morgan fingerprint density at radius 2 is 1.71 bits per heavy atom. The lowest BCUT2D eigenvalue weighted by atomic mass is 9.96. The van der Waals surface area contributed by atoms with E-state index in [0.29, 0.717) is 35.7 Å². The summed E-state index contributed by atoms with van der Waals surface area (Å²) in [4.78, 5) is 2.92. The lowest BCUT2D eigenvalue weighted by molar-refractivity contribution is 0.193. The molecule has 1 saturated carbocycles. The molecule has 2 aromatic carbocycles. The molecule has 2 aromatic rings. The van der Waals surface area contributed by atoms with Gasteiger partial charge in [0, 0.05) is 44.8 Å². The Morgan fingerprint density at radius 1 is 0.968 bits per heavy atom. The fraction of sp³-hybridized carbons (Fsp3) is 0.500. The van der Waals surface area contributed by atoms with E-state index in [1.165, 1.54) is 24.9 Å². The number of hydrogen-bond acceptors (Lipinski definition) is 5. The van der Waals surface area contributed by atoms with Crippen LogP contribution in [0.1, 0.15) is 18.4 Å². The zero-order valence-electron chi connectivity index (χ0n) is 18.0. The van der Waals surface area contributed by atoms with Gasteiger partial charge in [0.05, 0.1) is 12.0 Å². The van der Waals surface area contributed by atoms with Crippen LogP contribution in [0.4, 0.5) is 0 Å². The summed E-state index contributed by atoms with van der Waals surface area (Å²) in [5.41, 5.74) is 1.38. The molecule has 2 heterocycles. The molecule has 5 rings (SSSR count). The molecule has 0 bridgehead atoms. The van der Waals surface area contributed by atoms with E-state index in [4.69, 9.17) is 4.74 Å². The Kier molecular flexibility index (Phi) is 5.77. The Morgan fingerprint density at radius 3 is 2.42 bits per heavy atom. The van der Waals surface area contributed by atoms with Crippen LogP contribution in [-0.2, 0) is 16.6 Å². The third-order valence-corrected chi connectivity index (χ3v) is 9.02. The molecule has 3 aliphatic rings. The number of benzene rings is 2. The second kappa shape index (κ2) is 8.54. The first-order chi connectivity index (χ1) is 15.0. The number of sulfonamides is 1. The zero-order chi connectivity index (χ0) is 21.4. The van der Waals surface area contributed by atoms with Crippen molar-refractivity contribution >= 4 is 10.0 Å². The second-order valence-electron chi connectivity index (χ2n) is 9.15. The molecule has 3 atom stereocenters. The first-order valence-electron chi connectivity index (χ1n) is 11.2. The molecule has 0 unspecified atom stereocenters. The van der Waals surface area contributed by atoms with E-state index in [9.17, 15) is 8.42 Å². The maximum Gasteiger partial charge on any atom is 0.243 e. The van der Waals surface area contributed by atoms with Gasteiger partial charge in [0.15, 0.2) is 0 Å². The predicted molar refractivity (Wildman–Crippen MR) is 120 cm³/mol. The molecule has 7 heteroatoms. The minimum absolute atomic E-state index is 0.250. The van der Waals surface area contributed by atoms with Gasteiger partial charge in [0.2, 0.25) is 10.0 Å². The lowest BCUT2D eigenvalue weighted by Gasteiger charge is -2.41. The van der Waals surface area contributed by atoms with Crippen molar-refractivity contribution in [1.82, 2.24) is 14.5 Å². The molecule has 31 heavy (non-hydrogen) atoms. The molecule has 2 aliphatic heterocycles. The van der Waals surface area contributed by atoms with Crippen LogP contribution in [-0.4, -0.2) is 63.0 Å². The van der Waals surface area contributed by atoms with Crippen molar-refractivity contribution in [2.45, 2.75) is 36.4 Å². The normalized spacial score (nSPS) is 27.2. The highest BCUT2D eigenvalue weighted by Gasteiger charge is 2.45. The number of rotatable bonds is 7. The maximum atomic E-state index is 12.8. The summed E-state index contributed by atoms with van der Waals surface area (Å²) >= 11 is 0. The van der Waals surface area contributed by atoms with Crippen molar-refractivity contribution in [2.24, 2.45) is 11.8 Å². The van der Waals surface area contributed by atoms with Gasteiger partial charge in [-0.05, 0) is 54.5 Å². The van der Waals surface area contributed by atoms with E-state index in [0.717, 1.165) is 19.0 Å². The first kappa shape index (κ1) is 20.9. The molecular formula is C24H31N3O3S. The molecule has 3 fully saturated rings. The van der Waals surface area contributed by atoms with Crippen molar-refractivity contribution in [1.29, 1.82) is 0 Å². The Bertz CT molecular complexity index is 990. The van der Waals surface area contributed by atoms with E-state index >= 15 is 0 Å². The van der Waals surface area contributed by atoms with E-state index in [1.54, 1.807) is 35.7 Å². The predicted octanol–water partition coefficient (Wildman–Crippen LogP) is 2.57. The Labute approximate surface area is 185 Å². The molecule has 0 aromatic heterocycles. The molecule has 6 nitrogen and oxygen atoms in total. The van der Waals surface area contributed by atoms with Crippen LogP contribution in [0, 0.1) is 11.8 Å². The van der Waals surface area contributed by atoms with E-state index in [-0.39, 0.29) is 6.04 Å². The number of ether oxygens (including phenoxy) is 1. The largest absolute Gasteiger partial charge is 0.497 e. The van der Waals surface area contributed by atoms with Crippen molar-refractivity contribution in [3.63, 3.8) is 0 Å². The van der Waals surface area contributed by atoms with Gasteiger partial charge in [-0.15, -0.1) is 0 Å². The van der Waals surface area contributed by atoms with E-state index in [1.807, 2.05) is 0 Å². The molecular weight excluding hydrogens is 410 g/mol. The van der Waals surface area contributed by atoms with Gasteiger partial charge in [-0.1, -0.05) is 30.3 Å². The number of fused-ring (bicyclic) bond motifs is 1. The number of likely N-dealkylation sites (tertiary alicyclic amines) is 1. The maximum absolute atomic E-state index is 12.8. The quantitative estimate of drug-likeness (QED) is 0.716. The molecule has 0 spiro atoms. The van der Waals surface area contributed by atoms with Gasteiger partial charge in [0.25, 0.3) is 0 Å². The van der Waals surface area contributed by atoms with Crippen molar-refractivity contribution in [3.8, 4) is 5.75 Å². The van der Waals surface area contributed by atoms with Gasteiger partial charge in [-0.3, -0.25) is 4.90 Å². The van der Waals surface area contributed by atoms with E-state index in [2.05, 4.69) is 40.5 Å². The summed E-state index contributed by atoms with van der Waals surface area (Å²) in [5.74, 6) is 2.10. The highest BCUT2D eigenvalue weighted by molar-refractivity contribution is 7.89. The third-order valence-electron chi connectivity index (χ3n) is 7.18. The summed E-state index contributed by atoms with van der Waals surface area (Å²) in [6, 6.07) is 18.1. The number of hydrogen-bond donors (Lipinski definition) is 1. The lowest BCUT2D eigenvalue weighted by Crippen LogP contribution is -2.62. The Hall–Kier alpha value is -1.93. The summed E-state index contributed by atoms with van der Waals surface area (Å²) in [5, 5.41) is 3.79. The van der Waals surface area contributed by atoms with E-state index < -0.39 is 10.0 Å². The van der Waals surface area contributed by atoms with Crippen LogP contribution in [0.15, 0.2) is 59.5 Å². The summed E-state index contributed by atoms with van der Waals surface area (Å²) in [7, 11) is -1.85. The van der Waals surface area contributed by atoms with Gasteiger partial charge < -0.3 is 10.1 Å². The van der Waals surface area contributed by atoms with Gasteiger partial charge >= 0.3 is 0 Å². The topological polar surface area (TPSA) is 61.9 Å². The minimum atomic E-state index is -3.43. The van der Waals surface area contributed by atoms with Gasteiger partial charge in [-0.2, -0.15) is 4.31 Å². The third kappa shape index (κ3) is 4.24. The molecule has 1 N–H and O–H groups in total. The number of nitrogens with one attached hydrogen (secondary N) is 1. The molecule has 2 saturated heterocycles. The Balaban J connectivity index is 1.13. The van der Waals surface area contributed by atoms with Crippen LogP contribution in [0.5, 0.6) is 5.75 Å². The summed E-state index contributed by atoms with van der Waals surface area (Å²) in [6.45, 7) is 4.45. The highest BCUT2D eigenvalue weighted by atomic mass is 32.2. The summed E-state index contributed by atoms with van der Waals surface area (Å²) < 4.78 is 32.4. The van der Waals surface area contributed by atoms with Crippen LogP contribution < -0.4 is 10.1 Å². The number of nitrogens with zero attached hydrogens (tertiary/aromatic N) is 2. The highest BCUT2D eigenvalue weighted by Crippen LogP contribution is 2.39. The smallest absolute Gasteiger partial charge is 0.243 e. The molecule has 1 aliphatic carbocycles. The average molecular weight is 442 g/mol. The van der Waals surface area contributed by atoms with Crippen LogP contribution in [0.25, 0.3) is 0 Å². The van der Waals surface area contributed by atoms with Crippen LogP contribution in [0.3, 0.4) is 0 Å². The molecule has 166 valence electrons. The standard InChI is InChI=1S/C24H31N3O3S/c1-30-21-8-10-22(11-9-21)31(28,29)27-15-20(16-27)25-24-12-7-19-14-26(17-23(19)24)13-18-5-3-2-4-6-18/h2-6,8-11,19-20,23-25H,7,12-17H2,1H3/t19-,23-,24-/m1/s1. The fourth-order valence-electron chi connectivity index (χ4n) is 5.47. The first-order valence-corrected chi connectivity index (χ1v) is 12.6. The van der Waals surface area contributed by atoms with Gasteiger partial charge in [0.1, 0.15) is 5.75 Å². The van der Waals surface area contributed by atoms with Crippen molar-refractivity contribution in [2.75, 3.05) is 33.3 Å².